The van der Waals surface area contributed by atoms with Gasteiger partial charge in [0.25, 0.3) is 0 Å². The summed E-state index contributed by atoms with van der Waals surface area (Å²) in [4.78, 5) is 22.9. The molecule has 4 N–H and O–H groups in total. The van der Waals surface area contributed by atoms with E-state index in [0.717, 1.165) is 31.4 Å². The normalized spacial score (nSPS) is 21.1. The third-order valence-electron chi connectivity index (χ3n) is 6.91. The molecule has 2 fully saturated rings. The number of anilines is 2. The first kappa shape index (κ1) is 26.1. The number of aliphatic hydroxyl groups excluding tert-OH is 1. The van der Waals surface area contributed by atoms with Crippen LogP contribution in [-0.4, -0.2) is 64.2 Å². The number of alkyl halides is 3. The van der Waals surface area contributed by atoms with Crippen molar-refractivity contribution < 1.29 is 27.5 Å². The SMILES string of the molecule is NC(=O)CN1CCC(CNc2ncnc(N(Cc3ccc(C(F)(F)F)cc3)C3CCC3)c2F)C(O)C1. The van der Waals surface area contributed by atoms with Crippen molar-refractivity contribution in [2.75, 3.05) is 36.4 Å². The lowest BCUT2D eigenvalue weighted by Gasteiger charge is -2.39. The number of likely N-dealkylation sites (tertiary alicyclic amines) is 1. The van der Waals surface area contributed by atoms with Crippen molar-refractivity contribution in [1.82, 2.24) is 14.9 Å². The Balaban J connectivity index is 1.45. The number of carbonyl (C=O) groups excluding carboxylic acids is 1. The van der Waals surface area contributed by atoms with Crippen LogP contribution < -0.4 is 16.0 Å². The van der Waals surface area contributed by atoms with Gasteiger partial charge in [-0.15, -0.1) is 0 Å². The Kier molecular flexibility index (Phi) is 7.94. The Morgan fingerprint density at radius 3 is 2.50 bits per heavy atom. The molecule has 1 saturated carbocycles. The Labute approximate surface area is 206 Å². The zero-order chi connectivity index (χ0) is 25.9. The highest BCUT2D eigenvalue weighted by Crippen LogP contribution is 2.34. The molecule has 36 heavy (non-hydrogen) atoms. The number of aromatic nitrogens is 2. The molecule has 1 saturated heterocycles. The number of aliphatic hydroxyl groups is 1. The number of halogens is 4. The number of nitrogens with one attached hydrogen (secondary N) is 1. The zero-order valence-electron chi connectivity index (χ0n) is 19.7. The van der Waals surface area contributed by atoms with Crippen molar-refractivity contribution in [3.8, 4) is 0 Å². The average Bonchev–Trinajstić information content (AvgIpc) is 2.77. The van der Waals surface area contributed by atoms with Gasteiger partial charge in [-0.3, -0.25) is 9.69 Å². The van der Waals surface area contributed by atoms with Crippen molar-refractivity contribution in [3.63, 3.8) is 0 Å². The summed E-state index contributed by atoms with van der Waals surface area (Å²) in [7, 11) is 0. The summed E-state index contributed by atoms with van der Waals surface area (Å²) in [5, 5.41) is 13.4. The summed E-state index contributed by atoms with van der Waals surface area (Å²) in [6.07, 6.45) is -0.614. The van der Waals surface area contributed by atoms with Crippen molar-refractivity contribution in [1.29, 1.82) is 0 Å². The second-order valence-corrected chi connectivity index (χ2v) is 9.47. The topological polar surface area (TPSA) is 108 Å². The van der Waals surface area contributed by atoms with Crippen LogP contribution >= 0.6 is 0 Å². The van der Waals surface area contributed by atoms with Crippen molar-refractivity contribution in [2.45, 2.75) is 50.6 Å². The predicted octanol–water partition coefficient (Wildman–Crippen LogP) is 2.77. The van der Waals surface area contributed by atoms with Gasteiger partial charge in [0.05, 0.1) is 18.2 Å². The molecule has 1 aromatic heterocycles. The second kappa shape index (κ2) is 11.0. The van der Waals surface area contributed by atoms with Crippen LogP contribution in [0, 0.1) is 11.7 Å². The zero-order valence-corrected chi connectivity index (χ0v) is 19.7. The number of piperidine rings is 1. The highest BCUT2D eigenvalue weighted by atomic mass is 19.4. The molecule has 2 aromatic rings. The third-order valence-corrected chi connectivity index (χ3v) is 6.91. The van der Waals surface area contributed by atoms with Gasteiger partial charge in [0.15, 0.2) is 11.6 Å². The van der Waals surface area contributed by atoms with E-state index in [1.54, 1.807) is 9.80 Å². The standard InChI is InChI=1S/C24H30F4N6O2/c25-21-22(30-10-16-8-9-33(12-19(16)35)13-20(29)36)31-14-32-23(21)34(18-2-1-3-18)11-15-4-6-17(7-5-15)24(26,27)28/h4-7,14,16,18-19,35H,1-3,8-13H2,(H2,29,36)(H,30,31,32). The van der Waals surface area contributed by atoms with E-state index in [9.17, 15) is 23.1 Å². The molecule has 0 spiro atoms. The van der Waals surface area contributed by atoms with Gasteiger partial charge in [-0.2, -0.15) is 17.6 Å². The summed E-state index contributed by atoms with van der Waals surface area (Å²) in [6, 6.07) is 4.88. The molecule has 1 aliphatic carbocycles. The van der Waals surface area contributed by atoms with Gasteiger partial charge in [-0.05, 0) is 49.9 Å². The molecule has 8 nitrogen and oxygen atoms in total. The Morgan fingerprint density at radius 2 is 1.92 bits per heavy atom. The predicted molar refractivity (Wildman–Crippen MR) is 125 cm³/mol. The van der Waals surface area contributed by atoms with Crippen LogP contribution in [0.2, 0.25) is 0 Å². The number of rotatable bonds is 9. The molecule has 2 heterocycles. The number of nitrogens with two attached hydrogens (primary N) is 1. The number of primary amides is 1. The maximum Gasteiger partial charge on any atom is 0.416 e. The quantitative estimate of drug-likeness (QED) is 0.446. The van der Waals surface area contributed by atoms with E-state index in [2.05, 4.69) is 15.3 Å². The van der Waals surface area contributed by atoms with E-state index in [-0.39, 0.29) is 43.2 Å². The van der Waals surface area contributed by atoms with Crippen LogP contribution in [0.5, 0.6) is 0 Å². The van der Waals surface area contributed by atoms with Gasteiger partial charge in [0, 0.05) is 31.6 Å². The number of carbonyl (C=O) groups is 1. The number of β-amino-alcohol motifs (C(OH)–C–C–N with tert-alkyl or cyclic N) is 1. The summed E-state index contributed by atoms with van der Waals surface area (Å²) in [6.45, 7) is 1.47. The molecular formula is C24H30F4N6O2. The lowest BCUT2D eigenvalue weighted by Crippen LogP contribution is -2.48. The third kappa shape index (κ3) is 6.22. The van der Waals surface area contributed by atoms with E-state index >= 15 is 4.39 Å². The minimum absolute atomic E-state index is 0.00325. The number of amides is 1. The van der Waals surface area contributed by atoms with E-state index in [1.807, 2.05) is 0 Å². The lowest BCUT2D eigenvalue weighted by molar-refractivity contribution is -0.137. The largest absolute Gasteiger partial charge is 0.416 e. The molecule has 0 bridgehead atoms. The van der Waals surface area contributed by atoms with Crippen LogP contribution in [0.1, 0.15) is 36.8 Å². The summed E-state index contributed by atoms with van der Waals surface area (Å²) >= 11 is 0. The first-order valence-electron chi connectivity index (χ1n) is 12.0. The molecule has 1 amide bonds. The molecule has 4 rings (SSSR count). The molecule has 2 atom stereocenters. The van der Waals surface area contributed by atoms with Gasteiger partial charge in [-0.1, -0.05) is 12.1 Å². The maximum absolute atomic E-state index is 15.5. The summed E-state index contributed by atoms with van der Waals surface area (Å²) in [5.74, 6) is -1.17. The van der Waals surface area contributed by atoms with Crippen molar-refractivity contribution in [2.24, 2.45) is 11.7 Å². The van der Waals surface area contributed by atoms with E-state index in [1.165, 1.54) is 18.5 Å². The lowest BCUT2D eigenvalue weighted by atomic mass is 9.91. The molecular weight excluding hydrogens is 480 g/mol. The molecule has 1 aromatic carbocycles. The van der Waals surface area contributed by atoms with Crippen LogP contribution in [0.3, 0.4) is 0 Å². The molecule has 0 radical (unpaired) electrons. The van der Waals surface area contributed by atoms with Gasteiger partial charge >= 0.3 is 6.18 Å². The molecule has 2 unspecified atom stereocenters. The first-order chi connectivity index (χ1) is 17.1. The Hall–Kier alpha value is -2.99. The highest BCUT2D eigenvalue weighted by molar-refractivity contribution is 5.75. The number of nitrogens with zero attached hydrogens (tertiary/aromatic N) is 4. The number of benzene rings is 1. The van der Waals surface area contributed by atoms with Gasteiger partial charge < -0.3 is 21.1 Å². The number of hydrogen-bond acceptors (Lipinski definition) is 7. The van der Waals surface area contributed by atoms with E-state index in [0.29, 0.717) is 25.1 Å². The van der Waals surface area contributed by atoms with Gasteiger partial charge in [0.2, 0.25) is 11.7 Å². The Morgan fingerprint density at radius 1 is 1.19 bits per heavy atom. The molecule has 1 aliphatic heterocycles. The highest BCUT2D eigenvalue weighted by Gasteiger charge is 2.32. The monoisotopic (exact) mass is 510 g/mol. The van der Waals surface area contributed by atoms with Gasteiger partial charge in [0.1, 0.15) is 6.33 Å². The molecule has 196 valence electrons. The molecule has 12 heteroatoms. The first-order valence-corrected chi connectivity index (χ1v) is 12.0. The number of hydrogen-bond donors (Lipinski definition) is 3. The minimum Gasteiger partial charge on any atom is -0.391 e. The Bertz CT molecular complexity index is 1050. The maximum atomic E-state index is 15.5. The molecule has 2 aliphatic rings. The van der Waals surface area contributed by atoms with Crippen LogP contribution in [0.15, 0.2) is 30.6 Å². The van der Waals surface area contributed by atoms with E-state index < -0.39 is 29.6 Å². The summed E-state index contributed by atoms with van der Waals surface area (Å²) < 4.78 is 54.3. The van der Waals surface area contributed by atoms with Crippen molar-refractivity contribution >= 4 is 17.5 Å². The van der Waals surface area contributed by atoms with Crippen LogP contribution in [0.4, 0.5) is 29.2 Å². The van der Waals surface area contributed by atoms with Gasteiger partial charge in [-0.25, -0.2) is 9.97 Å². The van der Waals surface area contributed by atoms with Crippen LogP contribution in [0.25, 0.3) is 0 Å². The van der Waals surface area contributed by atoms with Crippen LogP contribution in [-0.2, 0) is 17.5 Å². The fraction of sp³-hybridized carbons (Fsp3) is 0.542. The van der Waals surface area contributed by atoms with E-state index in [4.69, 9.17) is 5.73 Å². The smallest absolute Gasteiger partial charge is 0.391 e. The summed E-state index contributed by atoms with van der Waals surface area (Å²) in [5.41, 5.74) is 5.11. The average molecular weight is 511 g/mol. The minimum atomic E-state index is -4.42. The van der Waals surface area contributed by atoms with Crippen molar-refractivity contribution in [3.05, 3.63) is 47.5 Å². The fourth-order valence-electron chi connectivity index (χ4n) is 4.63. The second-order valence-electron chi connectivity index (χ2n) is 9.47. The fourth-order valence-corrected chi connectivity index (χ4v) is 4.63.